The van der Waals surface area contributed by atoms with E-state index >= 15 is 4.39 Å². The molecule has 42 heavy (non-hydrogen) atoms. The topological polar surface area (TPSA) is 23.6 Å². The van der Waals surface area contributed by atoms with E-state index in [0.29, 0.717) is 11.8 Å². The molecule has 2 aromatic carbocycles. The van der Waals surface area contributed by atoms with Crippen molar-refractivity contribution in [2.45, 2.75) is 116 Å². The Morgan fingerprint density at radius 1 is 1.00 bits per heavy atom. The first-order chi connectivity index (χ1) is 20.2. The van der Waals surface area contributed by atoms with Crippen molar-refractivity contribution >= 4 is 17.4 Å². The van der Waals surface area contributed by atoms with E-state index in [-0.39, 0.29) is 23.6 Å². The normalized spacial score (nSPS) is 19.1. The van der Waals surface area contributed by atoms with Crippen LogP contribution in [-0.4, -0.2) is 48.8 Å². The molecule has 1 saturated heterocycles. The number of benzene rings is 2. The Balaban J connectivity index is 1.63. The molecule has 0 spiro atoms. The van der Waals surface area contributed by atoms with E-state index < -0.39 is 0 Å². The lowest BCUT2D eigenvalue weighted by Crippen LogP contribution is -2.36. The number of carbonyl (C=O) groups excluding carboxylic acids is 1. The van der Waals surface area contributed by atoms with Gasteiger partial charge in [-0.15, -0.1) is 0 Å². The van der Waals surface area contributed by atoms with Crippen LogP contribution in [0.2, 0.25) is 5.02 Å². The molecule has 0 aromatic heterocycles. The summed E-state index contributed by atoms with van der Waals surface area (Å²) in [6.07, 6.45) is 12.5. The summed E-state index contributed by atoms with van der Waals surface area (Å²) >= 11 is 6.52. The van der Waals surface area contributed by atoms with Crippen LogP contribution in [0.4, 0.5) is 4.39 Å². The zero-order valence-corrected chi connectivity index (χ0v) is 27.6. The van der Waals surface area contributed by atoms with Crippen LogP contribution < -0.4 is 0 Å². The number of Topliss-reactive ketones (excluding diaryl/α,β-unsaturated/α-hetero) is 1. The summed E-state index contributed by atoms with van der Waals surface area (Å²) in [6.45, 7) is 12.5. The van der Waals surface area contributed by atoms with Gasteiger partial charge in [0, 0.05) is 10.9 Å². The lowest BCUT2D eigenvalue weighted by Gasteiger charge is -2.35. The van der Waals surface area contributed by atoms with Crippen LogP contribution in [0.3, 0.4) is 0 Å². The van der Waals surface area contributed by atoms with E-state index in [2.05, 4.69) is 49.8 Å². The molecule has 5 heteroatoms. The number of likely N-dealkylation sites (tertiary alicyclic amines) is 1. The number of likely N-dealkylation sites (N-methyl/N-ethyl adjacent to an activating group) is 1. The van der Waals surface area contributed by atoms with E-state index in [1.165, 1.54) is 62.7 Å². The van der Waals surface area contributed by atoms with Crippen LogP contribution in [-0.2, 0) is 4.79 Å². The first-order valence-electron chi connectivity index (χ1n) is 16.7. The predicted octanol–water partition coefficient (Wildman–Crippen LogP) is 9.78. The minimum Gasteiger partial charge on any atom is -0.303 e. The number of carbonyl (C=O) groups is 1. The van der Waals surface area contributed by atoms with Gasteiger partial charge >= 0.3 is 0 Å². The second kappa shape index (κ2) is 15.8. The molecule has 3 unspecified atom stereocenters. The van der Waals surface area contributed by atoms with Crippen LogP contribution in [0.25, 0.3) is 0 Å². The molecule has 1 aliphatic heterocycles. The quantitative estimate of drug-likeness (QED) is 0.230. The highest BCUT2D eigenvalue weighted by Gasteiger charge is 2.34. The number of piperidine rings is 1. The molecule has 0 amide bonds. The van der Waals surface area contributed by atoms with Crippen molar-refractivity contribution in [3.8, 4) is 0 Å². The van der Waals surface area contributed by atoms with Crippen LogP contribution >= 0.6 is 11.6 Å². The fourth-order valence-electron chi connectivity index (χ4n) is 7.49. The minimum absolute atomic E-state index is 0.0490. The molecule has 1 aliphatic carbocycles. The van der Waals surface area contributed by atoms with Gasteiger partial charge in [0.25, 0.3) is 0 Å². The summed E-state index contributed by atoms with van der Waals surface area (Å²) in [7, 11) is 2.11. The van der Waals surface area contributed by atoms with Crippen LogP contribution in [0, 0.1) is 25.6 Å². The summed E-state index contributed by atoms with van der Waals surface area (Å²) in [4.78, 5) is 19.0. The van der Waals surface area contributed by atoms with Gasteiger partial charge in [-0.25, -0.2) is 4.39 Å². The van der Waals surface area contributed by atoms with Crippen molar-refractivity contribution in [1.82, 2.24) is 9.80 Å². The van der Waals surface area contributed by atoms with E-state index in [0.717, 1.165) is 66.9 Å². The summed E-state index contributed by atoms with van der Waals surface area (Å²) in [5, 5.41) is 0.788. The number of rotatable bonds is 13. The molecule has 0 radical (unpaired) electrons. The molecular weight excluding hydrogens is 543 g/mol. The average Bonchev–Trinajstić information content (AvgIpc) is 3.01. The van der Waals surface area contributed by atoms with Crippen LogP contribution in [0.5, 0.6) is 0 Å². The Kier molecular flexibility index (Phi) is 12.5. The SMILES string of the molecule is CCC(C)C(=O)C(c1ccc(F)c(C)c1C1CCCCC1)N(C)CCC(CCN1CCCCC1)c1cc(Cl)ccc1C. The van der Waals surface area contributed by atoms with E-state index in [4.69, 9.17) is 11.6 Å². The molecule has 2 aliphatic rings. The van der Waals surface area contributed by atoms with Crippen LogP contribution in [0.1, 0.15) is 130 Å². The van der Waals surface area contributed by atoms with Crippen molar-refractivity contribution < 1.29 is 9.18 Å². The van der Waals surface area contributed by atoms with Gasteiger partial charge in [0.05, 0.1) is 6.04 Å². The maximum atomic E-state index is 15.0. The second-order valence-corrected chi connectivity index (χ2v) is 13.7. The number of halogens is 2. The van der Waals surface area contributed by atoms with Gasteiger partial charge in [0.2, 0.25) is 0 Å². The summed E-state index contributed by atoms with van der Waals surface area (Å²) < 4.78 is 15.0. The molecule has 3 nitrogen and oxygen atoms in total. The number of ketones is 1. The summed E-state index contributed by atoms with van der Waals surface area (Å²) in [5.74, 6) is 0.751. The molecule has 1 heterocycles. The molecule has 232 valence electrons. The summed E-state index contributed by atoms with van der Waals surface area (Å²) in [6, 6.07) is 9.45. The third-order valence-corrected chi connectivity index (χ3v) is 10.6. The molecule has 0 N–H and O–H groups in total. The standard InChI is InChI=1S/C37H54ClFN2O/c1-6-26(2)37(42)36(32-17-18-34(39)28(4)35(32)30-13-9-7-10-14-30)40(5)23-19-29(20-24-41-21-11-8-12-22-41)33-25-31(38)16-15-27(33)3/h15-18,25-26,29-30,36H,6-14,19-24H2,1-5H3. The van der Waals surface area contributed by atoms with Gasteiger partial charge in [-0.3, -0.25) is 9.69 Å². The Morgan fingerprint density at radius 3 is 2.38 bits per heavy atom. The largest absolute Gasteiger partial charge is 0.303 e. The zero-order valence-electron chi connectivity index (χ0n) is 26.9. The minimum atomic E-state index is -0.362. The van der Waals surface area contributed by atoms with Crippen molar-refractivity contribution in [1.29, 1.82) is 0 Å². The highest BCUT2D eigenvalue weighted by Crippen LogP contribution is 2.41. The van der Waals surface area contributed by atoms with Crippen molar-refractivity contribution in [3.63, 3.8) is 0 Å². The van der Waals surface area contributed by atoms with E-state index in [9.17, 15) is 4.79 Å². The maximum absolute atomic E-state index is 15.0. The number of aryl methyl sites for hydroxylation is 1. The lowest BCUT2D eigenvalue weighted by atomic mass is 9.77. The third kappa shape index (κ3) is 8.24. The second-order valence-electron chi connectivity index (χ2n) is 13.3. The van der Waals surface area contributed by atoms with Gasteiger partial charge in [0.1, 0.15) is 5.82 Å². The fourth-order valence-corrected chi connectivity index (χ4v) is 7.67. The maximum Gasteiger partial charge on any atom is 0.157 e. The first-order valence-corrected chi connectivity index (χ1v) is 17.1. The molecule has 0 bridgehead atoms. The molecular formula is C37H54ClFN2O. The lowest BCUT2D eigenvalue weighted by molar-refractivity contribution is -0.127. The van der Waals surface area contributed by atoms with Gasteiger partial charge in [-0.2, -0.15) is 0 Å². The van der Waals surface area contributed by atoms with Crippen molar-refractivity contribution in [2.75, 3.05) is 33.2 Å². The first kappa shape index (κ1) is 33.1. The molecule has 2 fully saturated rings. The van der Waals surface area contributed by atoms with Gasteiger partial charge in [-0.05, 0) is 150 Å². The third-order valence-electron chi connectivity index (χ3n) is 10.4. The van der Waals surface area contributed by atoms with Crippen LogP contribution in [0.15, 0.2) is 30.3 Å². The molecule has 1 saturated carbocycles. The van der Waals surface area contributed by atoms with Gasteiger partial charge in [0.15, 0.2) is 5.78 Å². The zero-order chi connectivity index (χ0) is 30.2. The molecule has 4 rings (SSSR count). The van der Waals surface area contributed by atoms with Crippen molar-refractivity contribution in [3.05, 3.63) is 69.0 Å². The number of hydrogen-bond acceptors (Lipinski definition) is 3. The highest BCUT2D eigenvalue weighted by atomic mass is 35.5. The summed E-state index contributed by atoms with van der Waals surface area (Å²) in [5.41, 5.74) is 5.50. The molecule has 3 atom stereocenters. The Hall–Kier alpha value is -1.75. The Labute approximate surface area is 260 Å². The average molecular weight is 597 g/mol. The van der Waals surface area contributed by atoms with E-state index in [1.807, 2.05) is 19.1 Å². The van der Waals surface area contributed by atoms with Gasteiger partial charge < -0.3 is 4.90 Å². The number of nitrogens with zero attached hydrogens (tertiary/aromatic N) is 2. The Morgan fingerprint density at radius 2 is 1.69 bits per heavy atom. The monoisotopic (exact) mass is 596 g/mol. The highest BCUT2D eigenvalue weighted by molar-refractivity contribution is 6.30. The smallest absolute Gasteiger partial charge is 0.157 e. The Bertz CT molecular complexity index is 1170. The van der Waals surface area contributed by atoms with Crippen molar-refractivity contribution in [2.24, 2.45) is 5.92 Å². The van der Waals surface area contributed by atoms with Gasteiger partial charge in [-0.1, -0.05) is 63.3 Å². The number of hydrogen-bond donors (Lipinski definition) is 0. The van der Waals surface area contributed by atoms with E-state index in [1.54, 1.807) is 6.07 Å². The fraction of sp³-hybridized carbons (Fsp3) is 0.649. The molecule has 2 aromatic rings. The predicted molar refractivity (Wildman–Crippen MR) is 175 cm³/mol.